The Labute approximate surface area is 406 Å². The van der Waals surface area contributed by atoms with Crippen molar-refractivity contribution in [1.82, 2.24) is 28.7 Å². The first-order valence-corrected chi connectivity index (χ1v) is 24.1. The van der Waals surface area contributed by atoms with Crippen LogP contribution in [0.2, 0.25) is 0 Å². The van der Waals surface area contributed by atoms with E-state index in [0.29, 0.717) is 0 Å². The first kappa shape index (κ1) is 38.4. The van der Waals surface area contributed by atoms with Gasteiger partial charge in [0.2, 0.25) is 0 Å². The Bertz CT molecular complexity index is 4470. The van der Waals surface area contributed by atoms with Crippen molar-refractivity contribution < 1.29 is 4.74 Å². The summed E-state index contributed by atoms with van der Waals surface area (Å²) in [6.45, 7) is 0. The molecule has 14 aromatic rings. The number of rotatable bonds is 4. The zero-order valence-corrected chi connectivity index (χ0v) is 38.0. The second-order valence-corrected chi connectivity index (χ2v) is 18.7. The maximum absolute atomic E-state index is 6.88. The summed E-state index contributed by atoms with van der Waals surface area (Å²) in [5.74, 6) is 2.49. The van der Waals surface area contributed by atoms with E-state index in [4.69, 9.17) is 19.7 Å². The van der Waals surface area contributed by atoms with Gasteiger partial charge in [-0.3, -0.25) is 14.5 Å². The molecule has 2 aliphatic rings. The summed E-state index contributed by atoms with van der Waals surface area (Å²) in [7, 11) is 0. The summed E-state index contributed by atoms with van der Waals surface area (Å²) in [4.78, 5) is 15.6. The fraction of sp³-hybridized carbons (Fsp3) is 0.0156. The number of ether oxygens (including phenoxy) is 1. The van der Waals surface area contributed by atoms with Gasteiger partial charge < -0.3 is 13.9 Å². The normalized spacial score (nSPS) is 14.6. The van der Waals surface area contributed by atoms with Crippen molar-refractivity contribution in [3.63, 3.8) is 0 Å². The third-order valence-corrected chi connectivity index (χ3v) is 15.2. The number of pyridine rings is 3. The van der Waals surface area contributed by atoms with Gasteiger partial charge in [-0.25, -0.2) is 4.98 Å². The summed E-state index contributed by atoms with van der Waals surface area (Å²) in [5.41, 5.74) is 16.2. The van der Waals surface area contributed by atoms with Crippen LogP contribution in [-0.4, -0.2) is 28.7 Å². The van der Waals surface area contributed by atoms with Crippen molar-refractivity contribution >= 4 is 65.4 Å². The maximum atomic E-state index is 6.88. The minimum Gasteiger partial charge on any atom is -0.457 e. The topological polar surface area (TPSA) is 62.7 Å². The van der Waals surface area contributed by atoms with Gasteiger partial charge in [0.15, 0.2) is 0 Å². The van der Waals surface area contributed by atoms with Gasteiger partial charge in [-0.2, -0.15) is 0 Å². The van der Waals surface area contributed by atoms with Crippen molar-refractivity contribution in [2.24, 2.45) is 0 Å². The monoisotopic (exact) mass is 906 g/mol. The van der Waals surface area contributed by atoms with Gasteiger partial charge in [-0.1, -0.05) is 121 Å². The third kappa shape index (κ3) is 5.13. The van der Waals surface area contributed by atoms with Gasteiger partial charge in [0.05, 0.1) is 61.8 Å². The van der Waals surface area contributed by atoms with Crippen LogP contribution in [0.5, 0.6) is 11.5 Å². The second kappa shape index (κ2) is 14.2. The highest BCUT2D eigenvalue weighted by molar-refractivity contribution is 6.12. The summed E-state index contributed by atoms with van der Waals surface area (Å²) < 4.78 is 13.9. The Hall–Kier alpha value is -9.59. The van der Waals surface area contributed by atoms with Crippen molar-refractivity contribution in [2.45, 2.75) is 5.41 Å². The molecule has 1 unspecified atom stereocenters. The molecule has 0 fully saturated rings. The predicted molar refractivity (Wildman–Crippen MR) is 286 cm³/mol. The molecular weight excluding hydrogens is 869 g/mol. The molecule has 0 saturated heterocycles. The first-order valence-electron chi connectivity index (χ1n) is 24.1. The number of hydrogen-bond donors (Lipinski definition) is 0. The van der Waals surface area contributed by atoms with Crippen LogP contribution >= 0.6 is 0 Å². The highest BCUT2D eigenvalue weighted by Gasteiger charge is 2.52. The fourth-order valence-electron chi connectivity index (χ4n) is 12.3. The molecular formula is C64H38N6O. The highest BCUT2D eigenvalue weighted by atomic mass is 16.5. The lowest BCUT2D eigenvalue weighted by Crippen LogP contribution is -2.32. The highest BCUT2D eigenvalue weighted by Crippen LogP contribution is 2.62. The zero-order chi connectivity index (χ0) is 46.4. The Balaban J connectivity index is 0.874. The molecule has 0 saturated carbocycles. The predicted octanol–water partition coefficient (Wildman–Crippen LogP) is 15.3. The van der Waals surface area contributed by atoms with E-state index >= 15 is 0 Å². The molecule has 1 atom stereocenters. The summed E-state index contributed by atoms with van der Waals surface area (Å²) >= 11 is 0. The van der Waals surface area contributed by atoms with Gasteiger partial charge >= 0.3 is 0 Å². The van der Waals surface area contributed by atoms with Gasteiger partial charge in [0, 0.05) is 72.7 Å². The van der Waals surface area contributed by atoms with E-state index in [9.17, 15) is 0 Å². The molecule has 7 heteroatoms. The summed E-state index contributed by atoms with van der Waals surface area (Å²) in [5, 5.41) is 7.20. The summed E-state index contributed by atoms with van der Waals surface area (Å²) in [6, 6.07) is 76.1. The molecule has 330 valence electrons. The van der Waals surface area contributed by atoms with Crippen LogP contribution in [-0.2, 0) is 5.41 Å². The van der Waals surface area contributed by atoms with Crippen LogP contribution in [0.1, 0.15) is 22.3 Å². The molecule has 0 N–H and O–H groups in total. The van der Waals surface area contributed by atoms with E-state index < -0.39 is 5.41 Å². The number of nitrogens with zero attached hydrogens (tertiary/aromatic N) is 6. The number of aromatic nitrogens is 6. The Morgan fingerprint density at radius 2 is 0.859 bits per heavy atom. The van der Waals surface area contributed by atoms with E-state index in [2.05, 4.69) is 226 Å². The lowest BCUT2D eigenvalue weighted by molar-refractivity contribution is 0.436. The van der Waals surface area contributed by atoms with E-state index in [1.165, 1.54) is 21.5 Å². The third-order valence-electron chi connectivity index (χ3n) is 15.2. The van der Waals surface area contributed by atoms with Crippen LogP contribution in [0.25, 0.3) is 105 Å². The van der Waals surface area contributed by atoms with Crippen molar-refractivity contribution in [3.05, 3.63) is 253 Å². The average molecular weight is 907 g/mol. The molecule has 7 nitrogen and oxygen atoms in total. The van der Waals surface area contributed by atoms with Crippen molar-refractivity contribution in [2.75, 3.05) is 0 Å². The quantitative estimate of drug-likeness (QED) is 0.176. The maximum Gasteiger partial charge on any atom is 0.137 e. The molecule has 1 aliphatic heterocycles. The van der Waals surface area contributed by atoms with Crippen molar-refractivity contribution in [3.8, 4) is 51.2 Å². The van der Waals surface area contributed by atoms with E-state index in [0.717, 1.165) is 117 Å². The Morgan fingerprint density at radius 3 is 1.52 bits per heavy atom. The zero-order valence-electron chi connectivity index (χ0n) is 38.0. The number of para-hydroxylation sites is 6. The Morgan fingerprint density at radius 1 is 0.324 bits per heavy atom. The van der Waals surface area contributed by atoms with Crippen LogP contribution < -0.4 is 4.74 Å². The van der Waals surface area contributed by atoms with Crippen LogP contribution in [0, 0.1) is 0 Å². The molecule has 7 heterocycles. The molecule has 8 aromatic carbocycles. The smallest absolute Gasteiger partial charge is 0.137 e. The molecule has 0 bridgehead atoms. The van der Waals surface area contributed by atoms with E-state index in [1.807, 2.05) is 18.6 Å². The number of benzene rings is 8. The van der Waals surface area contributed by atoms with Gasteiger partial charge in [-0.15, -0.1) is 0 Å². The minimum absolute atomic E-state index is 0.780. The van der Waals surface area contributed by atoms with Gasteiger partial charge in [0.25, 0.3) is 0 Å². The van der Waals surface area contributed by atoms with Crippen molar-refractivity contribution in [1.29, 1.82) is 0 Å². The molecule has 16 rings (SSSR count). The first-order chi connectivity index (χ1) is 35.2. The molecule has 1 spiro atoms. The number of hydrogen-bond acceptors (Lipinski definition) is 4. The fourth-order valence-corrected chi connectivity index (χ4v) is 12.3. The molecule has 1 aliphatic carbocycles. The number of fused-ring (bicyclic) bond motifs is 18. The molecule has 0 radical (unpaired) electrons. The van der Waals surface area contributed by atoms with Gasteiger partial charge in [0.1, 0.15) is 17.3 Å². The molecule has 6 aromatic heterocycles. The van der Waals surface area contributed by atoms with Crippen LogP contribution in [0.15, 0.2) is 231 Å². The molecule has 71 heavy (non-hydrogen) atoms. The van der Waals surface area contributed by atoms with Gasteiger partial charge in [-0.05, 0) is 102 Å². The standard InChI is InChI=1S/C64H38N6O/c1-7-21-53-43(14-1)44-15-2-8-22-54(44)68(53)41-28-31-60-51(36-41)64(49-19-6-12-26-59(49)71-60)50-20-13-33-65-62(50)63-52(64)35-40(37-67-63)39-27-30-58-48(34-39)47-18-5-11-25-57(47)70(58)61-32-29-42(38-66-61)69-55-23-9-3-16-45(55)46-17-4-10-24-56(46)69/h1-38H. The molecule has 0 amide bonds. The minimum atomic E-state index is -0.780. The van der Waals surface area contributed by atoms with Crippen LogP contribution in [0.4, 0.5) is 0 Å². The van der Waals surface area contributed by atoms with E-state index in [-0.39, 0.29) is 0 Å². The average Bonchev–Trinajstić information content (AvgIpc) is 4.15. The largest absolute Gasteiger partial charge is 0.457 e. The Kier molecular flexibility index (Phi) is 7.69. The lowest BCUT2D eigenvalue weighted by atomic mass is 9.66. The second-order valence-electron chi connectivity index (χ2n) is 18.7. The SMILES string of the molecule is c1ccc2c(c1)Oc1ccc(-n3c4ccccc4c4ccccc43)cc1C21c2cccnc2-c2ncc(-c3ccc4c(c3)c3ccccc3n4-c3ccc(-n4c5ccccc5c5ccccc54)cn3)cc21. The van der Waals surface area contributed by atoms with Crippen LogP contribution in [0.3, 0.4) is 0 Å². The van der Waals surface area contributed by atoms with E-state index in [1.54, 1.807) is 0 Å². The summed E-state index contributed by atoms with van der Waals surface area (Å²) in [6.07, 6.45) is 5.90. The lowest BCUT2D eigenvalue weighted by Gasteiger charge is -2.39.